The van der Waals surface area contributed by atoms with Crippen molar-refractivity contribution in [2.24, 2.45) is 0 Å². The van der Waals surface area contributed by atoms with Crippen LogP contribution < -0.4 is 11.1 Å². The van der Waals surface area contributed by atoms with Gasteiger partial charge in [-0.1, -0.05) is 17.7 Å². The van der Waals surface area contributed by atoms with Crippen LogP contribution in [0.15, 0.2) is 36.4 Å². The summed E-state index contributed by atoms with van der Waals surface area (Å²) in [6.07, 6.45) is 0. The van der Waals surface area contributed by atoms with Gasteiger partial charge in [-0.2, -0.15) is 0 Å². The molecular weight excluding hydrogens is 247 g/mol. The first-order chi connectivity index (χ1) is 8.99. The van der Waals surface area contributed by atoms with Gasteiger partial charge in [0.05, 0.1) is 11.4 Å². The van der Waals surface area contributed by atoms with E-state index in [9.17, 15) is 9.18 Å². The Balaban J connectivity index is 2.42. The lowest BCUT2D eigenvalue weighted by molar-refractivity contribution is 0.0698. The van der Waals surface area contributed by atoms with Crippen LogP contribution in [-0.4, -0.2) is 11.1 Å². The number of anilines is 3. The predicted molar refractivity (Wildman–Crippen MR) is 72.2 cm³/mol. The van der Waals surface area contributed by atoms with Crippen LogP contribution in [-0.2, 0) is 0 Å². The van der Waals surface area contributed by atoms with Gasteiger partial charge in [0.2, 0.25) is 0 Å². The maximum absolute atomic E-state index is 13.3. The molecule has 0 aliphatic rings. The number of aromatic carboxylic acids is 1. The molecule has 0 amide bonds. The monoisotopic (exact) mass is 260 g/mol. The highest BCUT2D eigenvalue weighted by molar-refractivity contribution is 6.00. The number of benzene rings is 2. The van der Waals surface area contributed by atoms with E-state index >= 15 is 0 Å². The molecule has 0 bridgehead atoms. The molecule has 19 heavy (non-hydrogen) atoms. The first kappa shape index (κ1) is 12.9. The fourth-order valence-corrected chi connectivity index (χ4v) is 1.72. The molecule has 2 aromatic carbocycles. The number of rotatable bonds is 3. The van der Waals surface area contributed by atoms with E-state index in [4.69, 9.17) is 10.8 Å². The first-order valence-electron chi connectivity index (χ1n) is 5.64. The summed E-state index contributed by atoms with van der Waals surface area (Å²) in [4.78, 5) is 11.2. The van der Waals surface area contributed by atoms with Crippen LogP contribution >= 0.6 is 0 Å². The van der Waals surface area contributed by atoms with Gasteiger partial charge in [0.1, 0.15) is 11.4 Å². The van der Waals surface area contributed by atoms with Gasteiger partial charge in [-0.25, -0.2) is 9.18 Å². The Labute approximate surface area is 109 Å². The number of carboxylic acid groups (broad SMARTS) is 1. The summed E-state index contributed by atoms with van der Waals surface area (Å²) in [6.45, 7) is 1.95. The number of carbonyl (C=O) groups is 1. The number of hydrogen-bond acceptors (Lipinski definition) is 3. The van der Waals surface area contributed by atoms with Crippen molar-refractivity contribution in [3.63, 3.8) is 0 Å². The van der Waals surface area contributed by atoms with E-state index in [1.54, 1.807) is 12.1 Å². The summed E-state index contributed by atoms with van der Waals surface area (Å²) in [6, 6.07) is 9.87. The van der Waals surface area contributed by atoms with Gasteiger partial charge in [-0.15, -0.1) is 0 Å². The molecule has 2 aromatic rings. The van der Waals surface area contributed by atoms with Crippen molar-refractivity contribution >= 4 is 23.0 Å². The summed E-state index contributed by atoms with van der Waals surface area (Å²) in [5, 5.41) is 12.0. The lowest BCUT2D eigenvalue weighted by atomic mass is 10.1. The summed E-state index contributed by atoms with van der Waals surface area (Å²) in [5.41, 5.74) is 6.88. The highest BCUT2D eigenvalue weighted by atomic mass is 19.1. The number of nitrogens with one attached hydrogen (secondary N) is 1. The topological polar surface area (TPSA) is 75.3 Å². The van der Waals surface area contributed by atoms with Crippen molar-refractivity contribution in [2.45, 2.75) is 6.92 Å². The quantitative estimate of drug-likeness (QED) is 0.741. The van der Waals surface area contributed by atoms with Crippen LogP contribution in [0.3, 0.4) is 0 Å². The molecule has 0 aliphatic heterocycles. The molecule has 98 valence electrons. The van der Waals surface area contributed by atoms with Crippen LogP contribution in [0.25, 0.3) is 0 Å². The zero-order chi connectivity index (χ0) is 14.0. The largest absolute Gasteiger partial charge is 0.478 e. The number of aryl methyl sites for hydroxylation is 1. The van der Waals surface area contributed by atoms with E-state index in [2.05, 4.69) is 5.32 Å². The Morgan fingerprint density at radius 1 is 1.21 bits per heavy atom. The summed E-state index contributed by atoms with van der Waals surface area (Å²) >= 11 is 0. The van der Waals surface area contributed by atoms with Crippen molar-refractivity contribution in [2.75, 3.05) is 11.1 Å². The number of hydrogen-bond donors (Lipinski definition) is 3. The number of nitrogens with two attached hydrogens (primary N) is 1. The summed E-state index contributed by atoms with van der Waals surface area (Å²) < 4.78 is 13.3. The highest BCUT2D eigenvalue weighted by Gasteiger charge is 2.17. The third kappa shape index (κ3) is 2.65. The van der Waals surface area contributed by atoms with Crippen LogP contribution in [0, 0.1) is 12.7 Å². The lowest BCUT2D eigenvalue weighted by Gasteiger charge is -2.12. The van der Waals surface area contributed by atoms with Crippen molar-refractivity contribution < 1.29 is 14.3 Å². The molecule has 0 aliphatic carbocycles. The zero-order valence-electron chi connectivity index (χ0n) is 10.3. The lowest BCUT2D eigenvalue weighted by Crippen LogP contribution is -2.08. The summed E-state index contributed by atoms with van der Waals surface area (Å²) in [5.74, 6) is -2.02. The second kappa shape index (κ2) is 4.97. The molecule has 0 unspecified atom stereocenters. The van der Waals surface area contributed by atoms with Crippen molar-refractivity contribution in [1.82, 2.24) is 0 Å². The Hall–Kier alpha value is -2.56. The maximum Gasteiger partial charge on any atom is 0.340 e. The van der Waals surface area contributed by atoms with Crippen molar-refractivity contribution in [1.29, 1.82) is 0 Å². The Morgan fingerprint density at radius 2 is 1.84 bits per heavy atom. The normalized spacial score (nSPS) is 10.2. The average molecular weight is 260 g/mol. The molecule has 0 spiro atoms. The molecule has 2 rings (SSSR count). The Morgan fingerprint density at radius 3 is 2.42 bits per heavy atom. The SMILES string of the molecule is Cc1ccc(Nc2ccc(F)c(N)c2C(=O)O)cc1. The minimum Gasteiger partial charge on any atom is -0.478 e. The second-order valence-electron chi connectivity index (χ2n) is 4.18. The van der Waals surface area contributed by atoms with Gasteiger partial charge in [0.15, 0.2) is 0 Å². The molecule has 0 fully saturated rings. The van der Waals surface area contributed by atoms with Gasteiger partial charge in [0, 0.05) is 5.69 Å². The van der Waals surface area contributed by atoms with Gasteiger partial charge in [-0.3, -0.25) is 0 Å². The van der Waals surface area contributed by atoms with Gasteiger partial charge in [-0.05, 0) is 31.2 Å². The molecule has 0 heterocycles. The van der Waals surface area contributed by atoms with Crippen LogP contribution in [0.2, 0.25) is 0 Å². The van der Waals surface area contributed by atoms with E-state index in [1.807, 2.05) is 19.1 Å². The van der Waals surface area contributed by atoms with E-state index < -0.39 is 11.8 Å². The fraction of sp³-hybridized carbons (Fsp3) is 0.0714. The number of nitrogen functional groups attached to an aromatic ring is 1. The molecule has 0 saturated carbocycles. The van der Waals surface area contributed by atoms with Crippen LogP contribution in [0.1, 0.15) is 15.9 Å². The summed E-state index contributed by atoms with van der Waals surface area (Å²) in [7, 11) is 0. The van der Waals surface area contributed by atoms with E-state index in [-0.39, 0.29) is 16.9 Å². The fourth-order valence-electron chi connectivity index (χ4n) is 1.72. The van der Waals surface area contributed by atoms with Crippen molar-refractivity contribution in [3.8, 4) is 0 Å². The van der Waals surface area contributed by atoms with E-state index in [1.165, 1.54) is 6.07 Å². The third-order valence-electron chi connectivity index (χ3n) is 2.74. The van der Waals surface area contributed by atoms with E-state index in [0.29, 0.717) is 5.69 Å². The van der Waals surface area contributed by atoms with E-state index in [0.717, 1.165) is 11.6 Å². The smallest absolute Gasteiger partial charge is 0.340 e. The average Bonchev–Trinajstić information content (AvgIpc) is 2.36. The molecule has 0 aromatic heterocycles. The van der Waals surface area contributed by atoms with Gasteiger partial charge < -0.3 is 16.2 Å². The molecule has 0 radical (unpaired) electrons. The Kier molecular flexibility index (Phi) is 3.37. The standard InChI is InChI=1S/C14H13FN2O2/c1-8-2-4-9(5-3-8)17-11-7-6-10(15)13(16)12(11)14(18)19/h2-7,17H,16H2,1H3,(H,18,19). The molecule has 0 atom stereocenters. The number of halogens is 1. The van der Waals surface area contributed by atoms with Crippen LogP contribution in [0.4, 0.5) is 21.5 Å². The molecule has 0 saturated heterocycles. The first-order valence-corrected chi connectivity index (χ1v) is 5.64. The van der Waals surface area contributed by atoms with Gasteiger partial charge in [0.25, 0.3) is 0 Å². The second-order valence-corrected chi connectivity index (χ2v) is 4.18. The molecule has 4 N–H and O–H groups in total. The minimum atomic E-state index is -1.27. The number of carboxylic acids is 1. The van der Waals surface area contributed by atoms with Gasteiger partial charge >= 0.3 is 5.97 Å². The van der Waals surface area contributed by atoms with Crippen molar-refractivity contribution in [3.05, 3.63) is 53.3 Å². The maximum atomic E-state index is 13.3. The Bertz CT molecular complexity index is 624. The third-order valence-corrected chi connectivity index (χ3v) is 2.74. The zero-order valence-corrected chi connectivity index (χ0v) is 10.3. The molecule has 5 heteroatoms. The molecule has 4 nitrogen and oxygen atoms in total. The molecular formula is C14H13FN2O2. The highest BCUT2D eigenvalue weighted by Crippen LogP contribution is 2.27. The minimum absolute atomic E-state index is 0.259. The van der Waals surface area contributed by atoms with Crippen LogP contribution in [0.5, 0.6) is 0 Å². The predicted octanol–water partition coefficient (Wildman–Crippen LogP) is 3.16.